The minimum absolute atomic E-state index is 0.138. The number of amides is 1. The third-order valence-electron chi connectivity index (χ3n) is 3.15. The molecule has 0 unspecified atom stereocenters. The van der Waals surface area contributed by atoms with Crippen molar-refractivity contribution in [3.63, 3.8) is 0 Å². The summed E-state index contributed by atoms with van der Waals surface area (Å²) < 4.78 is 1.81. The first kappa shape index (κ1) is 16.0. The van der Waals surface area contributed by atoms with Crippen molar-refractivity contribution in [1.82, 2.24) is 20.1 Å². The predicted octanol–water partition coefficient (Wildman–Crippen LogP) is 2.99. The number of carbonyl (C=O) groups excluding carboxylic acids is 1. The molecule has 0 radical (unpaired) electrons. The Kier molecular flexibility index (Phi) is 5.36. The summed E-state index contributed by atoms with van der Waals surface area (Å²) in [6.07, 6.45) is 1.95. The zero-order chi connectivity index (χ0) is 15.4. The van der Waals surface area contributed by atoms with Crippen LogP contribution in [-0.4, -0.2) is 27.2 Å². The number of rotatable bonds is 6. The van der Waals surface area contributed by atoms with Crippen molar-refractivity contribution in [2.24, 2.45) is 0 Å². The van der Waals surface area contributed by atoms with Gasteiger partial charge in [-0.3, -0.25) is 9.48 Å². The molecule has 0 atom stereocenters. The minimum atomic E-state index is -0.138. The van der Waals surface area contributed by atoms with E-state index >= 15 is 0 Å². The van der Waals surface area contributed by atoms with Crippen molar-refractivity contribution < 1.29 is 4.79 Å². The molecule has 0 saturated carbocycles. The molecule has 2 aromatic heterocycles. The SMILES string of the molecule is CCCc1nc(C(=O)NCCn2nc(C)c(Cl)c2C)cs1. The summed E-state index contributed by atoms with van der Waals surface area (Å²) >= 11 is 7.62. The maximum absolute atomic E-state index is 12.0. The lowest BCUT2D eigenvalue weighted by atomic mass is 10.3. The van der Waals surface area contributed by atoms with Crippen molar-refractivity contribution in [2.75, 3.05) is 6.54 Å². The Hall–Kier alpha value is -1.40. The molecule has 0 saturated heterocycles. The number of nitrogens with one attached hydrogen (secondary N) is 1. The molecule has 0 aliphatic rings. The van der Waals surface area contributed by atoms with Crippen LogP contribution in [0, 0.1) is 13.8 Å². The average molecular weight is 327 g/mol. The zero-order valence-electron chi connectivity index (χ0n) is 12.4. The van der Waals surface area contributed by atoms with E-state index in [9.17, 15) is 4.79 Å². The van der Waals surface area contributed by atoms with Gasteiger partial charge >= 0.3 is 0 Å². The van der Waals surface area contributed by atoms with E-state index in [-0.39, 0.29) is 5.91 Å². The molecule has 114 valence electrons. The van der Waals surface area contributed by atoms with Crippen molar-refractivity contribution in [3.05, 3.63) is 32.5 Å². The fraction of sp³-hybridized carbons (Fsp3) is 0.500. The van der Waals surface area contributed by atoms with Crippen LogP contribution in [0.4, 0.5) is 0 Å². The monoisotopic (exact) mass is 326 g/mol. The Bertz CT molecular complexity index is 635. The van der Waals surface area contributed by atoms with Crippen LogP contribution >= 0.6 is 22.9 Å². The second-order valence-electron chi connectivity index (χ2n) is 4.84. The van der Waals surface area contributed by atoms with Crippen LogP contribution in [0.2, 0.25) is 5.02 Å². The van der Waals surface area contributed by atoms with E-state index in [2.05, 4.69) is 22.3 Å². The van der Waals surface area contributed by atoms with Crippen LogP contribution in [0.15, 0.2) is 5.38 Å². The van der Waals surface area contributed by atoms with E-state index in [0.717, 1.165) is 29.2 Å². The highest BCUT2D eigenvalue weighted by molar-refractivity contribution is 7.09. The molecule has 0 fully saturated rings. The van der Waals surface area contributed by atoms with E-state index in [0.29, 0.717) is 23.8 Å². The van der Waals surface area contributed by atoms with Gasteiger partial charge in [-0.15, -0.1) is 11.3 Å². The van der Waals surface area contributed by atoms with Gasteiger partial charge in [0.15, 0.2) is 0 Å². The van der Waals surface area contributed by atoms with Gasteiger partial charge in [-0.25, -0.2) is 4.98 Å². The second kappa shape index (κ2) is 7.04. The summed E-state index contributed by atoms with van der Waals surface area (Å²) in [6.45, 7) is 6.98. The number of aromatic nitrogens is 3. The highest BCUT2D eigenvalue weighted by Crippen LogP contribution is 2.18. The third-order valence-corrected chi connectivity index (χ3v) is 4.61. The molecule has 7 heteroatoms. The molecule has 1 N–H and O–H groups in total. The first-order valence-corrected chi connectivity index (χ1v) is 8.20. The molecule has 0 spiro atoms. The fourth-order valence-corrected chi connectivity index (χ4v) is 3.02. The molecule has 2 aromatic rings. The Morgan fingerprint density at radius 3 is 2.86 bits per heavy atom. The minimum Gasteiger partial charge on any atom is -0.349 e. The summed E-state index contributed by atoms with van der Waals surface area (Å²) in [5.41, 5.74) is 2.22. The smallest absolute Gasteiger partial charge is 0.270 e. The lowest BCUT2D eigenvalue weighted by molar-refractivity contribution is 0.0947. The lowest BCUT2D eigenvalue weighted by Crippen LogP contribution is -2.28. The zero-order valence-corrected chi connectivity index (χ0v) is 14.0. The molecule has 5 nitrogen and oxygen atoms in total. The number of nitrogens with zero attached hydrogens (tertiary/aromatic N) is 3. The highest BCUT2D eigenvalue weighted by Gasteiger charge is 2.11. The Morgan fingerprint density at radius 1 is 1.48 bits per heavy atom. The second-order valence-corrected chi connectivity index (χ2v) is 6.16. The van der Waals surface area contributed by atoms with Crippen molar-refractivity contribution in [3.8, 4) is 0 Å². The number of halogens is 1. The molecule has 1 amide bonds. The van der Waals surface area contributed by atoms with E-state index in [4.69, 9.17) is 11.6 Å². The van der Waals surface area contributed by atoms with Gasteiger partial charge in [0.05, 0.1) is 28.0 Å². The molecule has 2 rings (SSSR count). The largest absolute Gasteiger partial charge is 0.349 e. The molecule has 0 bridgehead atoms. The van der Waals surface area contributed by atoms with Crippen LogP contribution < -0.4 is 5.32 Å². The number of thiazole rings is 1. The summed E-state index contributed by atoms with van der Waals surface area (Å²) in [6, 6.07) is 0. The highest BCUT2D eigenvalue weighted by atomic mass is 35.5. The van der Waals surface area contributed by atoms with E-state index in [1.807, 2.05) is 18.5 Å². The van der Waals surface area contributed by atoms with Gasteiger partial charge in [-0.05, 0) is 26.7 Å². The average Bonchev–Trinajstić information content (AvgIpc) is 3.01. The Balaban J connectivity index is 1.87. The molecular formula is C14H19ClN4OS. The topological polar surface area (TPSA) is 59.8 Å². The molecule has 2 heterocycles. The normalized spacial score (nSPS) is 10.9. The predicted molar refractivity (Wildman–Crippen MR) is 85.2 cm³/mol. The van der Waals surface area contributed by atoms with Gasteiger partial charge < -0.3 is 5.32 Å². The third kappa shape index (κ3) is 3.83. The van der Waals surface area contributed by atoms with Gasteiger partial charge in [0.1, 0.15) is 5.69 Å². The molecule has 21 heavy (non-hydrogen) atoms. The molecule has 0 aliphatic carbocycles. The number of carbonyl (C=O) groups is 1. The van der Waals surface area contributed by atoms with Crippen LogP contribution in [0.3, 0.4) is 0 Å². The quantitative estimate of drug-likeness (QED) is 0.887. The number of hydrogen-bond donors (Lipinski definition) is 1. The summed E-state index contributed by atoms with van der Waals surface area (Å²) in [7, 11) is 0. The summed E-state index contributed by atoms with van der Waals surface area (Å²) in [5.74, 6) is -0.138. The van der Waals surface area contributed by atoms with Crippen LogP contribution in [0.5, 0.6) is 0 Å². The van der Waals surface area contributed by atoms with E-state index in [1.165, 1.54) is 11.3 Å². The molecule has 0 aromatic carbocycles. The van der Waals surface area contributed by atoms with Gasteiger partial charge in [0.25, 0.3) is 5.91 Å². The van der Waals surface area contributed by atoms with Gasteiger partial charge in [-0.2, -0.15) is 5.10 Å². The van der Waals surface area contributed by atoms with Crippen LogP contribution in [0.25, 0.3) is 0 Å². The van der Waals surface area contributed by atoms with Crippen LogP contribution in [0.1, 0.15) is 40.2 Å². The fourth-order valence-electron chi connectivity index (χ4n) is 2.00. The lowest BCUT2D eigenvalue weighted by Gasteiger charge is -2.05. The van der Waals surface area contributed by atoms with Gasteiger partial charge in [0, 0.05) is 11.9 Å². The number of hydrogen-bond acceptors (Lipinski definition) is 4. The van der Waals surface area contributed by atoms with Crippen molar-refractivity contribution in [2.45, 2.75) is 40.2 Å². The molecule has 0 aliphatic heterocycles. The first-order valence-electron chi connectivity index (χ1n) is 6.95. The van der Waals surface area contributed by atoms with E-state index in [1.54, 1.807) is 5.38 Å². The standard InChI is InChI=1S/C14H19ClN4OS/c1-4-5-12-17-11(8-21-12)14(20)16-6-7-19-10(3)13(15)9(2)18-19/h8H,4-7H2,1-3H3,(H,16,20). The molecular weight excluding hydrogens is 308 g/mol. The maximum Gasteiger partial charge on any atom is 0.270 e. The van der Waals surface area contributed by atoms with Gasteiger partial charge in [0.2, 0.25) is 0 Å². The Labute approximate surface area is 133 Å². The number of aryl methyl sites for hydroxylation is 2. The Morgan fingerprint density at radius 2 is 2.24 bits per heavy atom. The maximum atomic E-state index is 12.0. The van der Waals surface area contributed by atoms with E-state index < -0.39 is 0 Å². The van der Waals surface area contributed by atoms with Crippen molar-refractivity contribution >= 4 is 28.8 Å². The van der Waals surface area contributed by atoms with Gasteiger partial charge in [-0.1, -0.05) is 18.5 Å². The van der Waals surface area contributed by atoms with Crippen molar-refractivity contribution in [1.29, 1.82) is 0 Å². The summed E-state index contributed by atoms with van der Waals surface area (Å²) in [4.78, 5) is 16.3. The van der Waals surface area contributed by atoms with Crippen LogP contribution in [-0.2, 0) is 13.0 Å². The first-order chi connectivity index (χ1) is 10.0. The summed E-state index contributed by atoms with van der Waals surface area (Å²) in [5, 5.41) is 10.7.